The number of rotatable bonds is 3. The number of ether oxygens (including phenoxy) is 1. The summed E-state index contributed by atoms with van der Waals surface area (Å²) >= 11 is 0. The van der Waals surface area contributed by atoms with E-state index in [0.717, 1.165) is 32.2 Å². The molecule has 5 heteroatoms. The van der Waals surface area contributed by atoms with E-state index in [4.69, 9.17) is 9.84 Å². The zero-order valence-electron chi connectivity index (χ0n) is 9.22. The van der Waals surface area contributed by atoms with Gasteiger partial charge in [-0.05, 0) is 31.6 Å². The Morgan fingerprint density at radius 1 is 1.38 bits per heavy atom. The highest BCUT2D eigenvalue weighted by atomic mass is 16.6. The predicted octanol–water partition coefficient (Wildman–Crippen LogP) is 1.33. The number of aliphatic carboxylic acids is 1. The topological polar surface area (TPSA) is 66.8 Å². The fraction of sp³-hybridized carbons (Fsp3) is 0.818. The summed E-state index contributed by atoms with van der Waals surface area (Å²) in [7, 11) is 0. The standard InChI is InChI=1S/C11H17NO4/c13-10(14)9-3-1-8(2-4-9)7-12-5-6-16-11(12)15/h8-9H,1-7H2,(H,13,14). The molecule has 1 saturated carbocycles. The lowest BCUT2D eigenvalue weighted by Crippen LogP contribution is -2.33. The highest BCUT2D eigenvalue weighted by Gasteiger charge is 2.30. The van der Waals surface area contributed by atoms with Crippen LogP contribution in [0.5, 0.6) is 0 Å². The first-order valence-electron chi connectivity index (χ1n) is 5.81. The fourth-order valence-electron chi connectivity index (χ4n) is 2.50. The van der Waals surface area contributed by atoms with E-state index >= 15 is 0 Å². The van der Waals surface area contributed by atoms with Crippen LogP contribution in [0.4, 0.5) is 4.79 Å². The van der Waals surface area contributed by atoms with Crippen molar-refractivity contribution < 1.29 is 19.4 Å². The molecule has 1 saturated heterocycles. The van der Waals surface area contributed by atoms with Crippen LogP contribution in [-0.4, -0.2) is 41.8 Å². The molecule has 5 nitrogen and oxygen atoms in total. The number of carbonyl (C=O) groups is 2. The van der Waals surface area contributed by atoms with Gasteiger partial charge in [-0.25, -0.2) is 4.79 Å². The van der Waals surface area contributed by atoms with Crippen molar-refractivity contribution in [1.82, 2.24) is 4.90 Å². The summed E-state index contributed by atoms with van der Waals surface area (Å²) < 4.78 is 4.86. The second kappa shape index (κ2) is 4.72. The number of amides is 1. The molecule has 0 aromatic carbocycles. The SMILES string of the molecule is O=C(O)C1CCC(CN2CCOC2=O)CC1. The van der Waals surface area contributed by atoms with Crippen LogP contribution in [0, 0.1) is 11.8 Å². The van der Waals surface area contributed by atoms with Crippen molar-refractivity contribution in [1.29, 1.82) is 0 Å². The van der Waals surface area contributed by atoms with Gasteiger partial charge < -0.3 is 14.7 Å². The number of cyclic esters (lactones) is 1. The quantitative estimate of drug-likeness (QED) is 0.789. The van der Waals surface area contributed by atoms with E-state index in [1.165, 1.54) is 0 Å². The monoisotopic (exact) mass is 227 g/mol. The molecule has 1 heterocycles. The van der Waals surface area contributed by atoms with Gasteiger partial charge in [-0.15, -0.1) is 0 Å². The van der Waals surface area contributed by atoms with E-state index in [9.17, 15) is 9.59 Å². The van der Waals surface area contributed by atoms with Crippen molar-refractivity contribution in [3.05, 3.63) is 0 Å². The zero-order valence-corrected chi connectivity index (χ0v) is 9.22. The van der Waals surface area contributed by atoms with Gasteiger partial charge in [0, 0.05) is 6.54 Å². The molecule has 0 radical (unpaired) electrons. The molecular weight excluding hydrogens is 210 g/mol. The smallest absolute Gasteiger partial charge is 0.409 e. The fourth-order valence-corrected chi connectivity index (χ4v) is 2.50. The Labute approximate surface area is 94.4 Å². The van der Waals surface area contributed by atoms with Crippen LogP contribution in [0.2, 0.25) is 0 Å². The number of carboxylic acid groups (broad SMARTS) is 1. The predicted molar refractivity (Wildman–Crippen MR) is 56.0 cm³/mol. The van der Waals surface area contributed by atoms with Gasteiger partial charge in [0.05, 0.1) is 12.5 Å². The van der Waals surface area contributed by atoms with E-state index in [2.05, 4.69) is 0 Å². The largest absolute Gasteiger partial charge is 0.481 e. The molecule has 90 valence electrons. The third kappa shape index (κ3) is 2.46. The van der Waals surface area contributed by atoms with Crippen molar-refractivity contribution >= 4 is 12.1 Å². The van der Waals surface area contributed by atoms with Crippen LogP contribution >= 0.6 is 0 Å². The summed E-state index contributed by atoms with van der Waals surface area (Å²) in [6, 6.07) is 0. The number of hydrogen-bond acceptors (Lipinski definition) is 3. The van der Waals surface area contributed by atoms with Crippen molar-refractivity contribution in [3.63, 3.8) is 0 Å². The lowest BCUT2D eigenvalue weighted by atomic mass is 9.82. The molecule has 1 N–H and O–H groups in total. The van der Waals surface area contributed by atoms with E-state index in [1.807, 2.05) is 0 Å². The summed E-state index contributed by atoms with van der Waals surface area (Å²) in [4.78, 5) is 23.7. The molecule has 0 aromatic rings. The normalized spacial score (nSPS) is 30.2. The molecule has 0 aromatic heterocycles. The maximum Gasteiger partial charge on any atom is 0.409 e. The summed E-state index contributed by atoms with van der Waals surface area (Å²) in [6.07, 6.45) is 3.06. The lowest BCUT2D eigenvalue weighted by molar-refractivity contribution is -0.143. The Hall–Kier alpha value is -1.26. The zero-order chi connectivity index (χ0) is 11.5. The molecule has 2 aliphatic rings. The number of carbonyl (C=O) groups excluding carboxylic acids is 1. The molecule has 1 amide bonds. The Morgan fingerprint density at radius 2 is 2.06 bits per heavy atom. The van der Waals surface area contributed by atoms with E-state index in [0.29, 0.717) is 19.1 Å². The summed E-state index contributed by atoms with van der Waals surface area (Å²) in [5.41, 5.74) is 0. The van der Waals surface area contributed by atoms with Gasteiger partial charge in [-0.1, -0.05) is 0 Å². The van der Waals surface area contributed by atoms with Crippen molar-refractivity contribution in [2.75, 3.05) is 19.7 Å². The highest BCUT2D eigenvalue weighted by molar-refractivity contribution is 5.70. The minimum Gasteiger partial charge on any atom is -0.481 e. The van der Waals surface area contributed by atoms with Crippen molar-refractivity contribution in [3.8, 4) is 0 Å². The van der Waals surface area contributed by atoms with Crippen LogP contribution in [0.1, 0.15) is 25.7 Å². The van der Waals surface area contributed by atoms with Gasteiger partial charge >= 0.3 is 12.1 Å². The lowest BCUT2D eigenvalue weighted by Gasteiger charge is -2.28. The van der Waals surface area contributed by atoms with Crippen molar-refractivity contribution in [2.24, 2.45) is 11.8 Å². The van der Waals surface area contributed by atoms with Crippen LogP contribution in [0.15, 0.2) is 0 Å². The molecular formula is C11H17NO4. The van der Waals surface area contributed by atoms with Crippen LogP contribution in [0.3, 0.4) is 0 Å². The molecule has 2 fully saturated rings. The average Bonchev–Trinajstić information content (AvgIpc) is 2.65. The molecule has 0 spiro atoms. The van der Waals surface area contributed by atoms with Crippen LogP contribution < -0.4 is 0 Å². The molecule has 0 atom stereocenters. The maximum absolute atomic E-state index is 11.2. The summed E-state index contributed by atoms with van der Waals surface area (Å²) in [5.74, 6) is -0.415. The molecule has 0 bridgehead atoms. The van der Waals surface area contributed by atoms with Crippen LogP contribution in [-0.2, 0) is 9.53 Å². The first-order chi connectivity index (χ1) is 7.66. The van der Waals surface area contributed by atoms with Gasteiger partial charge in [-0.2, -0.15) is 0 Å². The van der Waals surface area contributed by atoms with Crippen molar-refractivity contribution in [2.45, 2.75) is 25.7 Å². The molecule has 16 heavy (non-hydrogen) atoms. The first-order valence-corrected chi connectivity index (χ1v) is 5.81. The Kier molecular flexibility index (Phi) is 3.31. The number of hydrogen-bond donors (Lipinski definition) is 1. The van der Waals surface area contributed by atoms with Crippen LogP contribution in [0.25, 0.3) is 0 Å². The molecule has 0 unspecified atom stereocenters. The second-order valence-electron chi connectivity index (χ2n) is 4.62. The Balaban J connectivity index is 1.77. The van der Waals surface area contributed by atoms with E-state index in [1.54, 1.807) is 4.90 Å². The third-order valence-corrected chi connectivity index (χ3v) is 3.52. The molecule has 2 rings (SSSR count). The van der Waals surface area contributed by atoms with E-state index < -0.39 is 5.97 Å². The first kappa shape index (κ1) is 11.2. The average molecular weight is 227 g/mol. The number of nitrogens with zero attached hydrogens (tertiary/aromatic N) is 1. The third-order valence-electron chi connectivity index (χ3n) is 3.52. The molecule has 1 aliphatic heterocycles. The van der Waals surface area contributed by atoms with Gasteiger partial charge in [0.15, 0.2) is 0 Å². The minimum atomic E-state index is -0.681. The summed E-state index contributed by atoms with van der Waals surface area (Å²) in [6.45, 7) is 1.90. The van der Waals surface area contributed by atoms with Gasteiger partial charge in [0.2, 0.25) is 0 Å². The second-order valence-corrected chi connectivity index (χ2v) is 4.62. The number of carboxylic acids is 1. The summed E-state index contributed by atoms with van der Waals surface area (Å²) in [5, 5.41) is 8.87. The van der Waals surface area contributed by atoms with Gasteiger partial charge in [0.1, 0.15) is 6.61 Å². The van der Waals surface area contributed by atoms with E-state index in [-0.39, 0.29) is 12.0 Å². The highest BCUT2D eigenvalue weighted by Crippen LogP contribution is 2.29. The maximum atomic E-state index is 11.2. The Bertz CT molecular complexity index is 284. The van der Waals surface area contributed by atoms with Gasteiger partial charge in [0.25, 0.3) is 0 Å². The molecule has 1 aliphatic carbocycles. The minimum absolute atomic E-state index is 0.179. The van der Waals surface area contributed by atoms with Gasteiger partial charge in [-0.3, -0.25) is 4.79 Å². The Morgan fingerprint density at radius 3 is 2.56 bits per heavy atom.